The molecule has 0 fully saturated rings. The van der Waals surface area contributed by atoms with E-state index in [1.807, 2.05) is 0 Å². The smallest absolute Gasteiger partial charge is 0.462 e. The topological polar surface area (TPSA) is 237 Å². The fourth-order valence-corrected chi connectivity index (χ4v) is 10.7. The second-order valence-corrected chi connectivity index (χ2v) is 27.3. The van der Waals surface area contributed by atoms with E-state index in [1.54, 1.807) is 0 Å². The van der Waals surface area contributed by atoms with Gasteiger partial charge in [0.1, 0.15) is 19.3 Å². The average molecular weight is 1200 g/mol. The molecular formula is C62H120O17P2. The predicted molar refractivity (Wildman–Crippen MR) is 321 cm³/mol. The number of aliphatic hydroxyl groups excluding tert-OH is 1. The summed E-state index contributed by atoms with van der Waals surface area (Å²) >= 11 is 0. The van der Waals surface area contributed by atoms with Gasteiger partial charge in [0, 0.05) is 25.7 Å². The van der Waals surface area contributed by atoms with Gasteiger partial charge in [0.25, 0.3) is 0 Å². The van der Waals surface area contributed by atoms with Gasteiger partial charge in [-0.2, -0.15) is 0 Å². The number of carbonyl (C=O) groups is 4. The number of phosphoric ester groups is 2. The van der Waals surface area contributed by atoms with E-state index in [0.717, 1.165) is 109 Å². The van der Waals surface area contributed by atoms with Crippen molar-refractivity contribution in [3.63, 3.8) is 0 Å². The van der Waals surface area contributed by atoms with Crippen molar-refractivity contribution in [1.82, 2.24) is 0 Å². The maximum atomic E-state index is 12.9. The summed E-state index contributed by atoms with van der Waals surface area (Å²) in [5.74, 6) is 0.660. The average Bonchev–Trinajstić information content (AvgIpc) is 3.40. The molecule has 0 heterocycles. The van der Waals surface area contributed by atoms with Gasteiger partial charge < -0.3 is 33.8 Å². The van der Waals surface area contributed by atoms with Crippen LogP contribution in [0.4, 0.5) is 0 Å². The third-order valence-electron chi connectivity index (χ3n) is 14.1. The molecule has 0 aliphatic rings. The zero-order valence-electron chi connectivity index (χ0n) is 52.4. The van der Waals surface area contributed by atoms with Gasteiger partial charge in [0.15, 0.2) is 12.2 Å². The largest absolute Gasteiger partial charge is 0.472 e. The van der Waals surface area contributed by atoms with Crippen molar-refractivity contribution in [1.29, 1.82) is 0 Å². The first kappa shape index (κ1) is 79.1. The lowest BCUT2D eigenvalue weighted by Crippen LogP contribution is -2.30. The normalized spacial score (nSPS) is 14.5. The van der Waals surface area contributed by atoms with Gasteiger partial charge in [-0.25, -0.2) is 9.13 Å². The third kappa shape index (κ3) is 56.9. The Morgan fingerprint density at radius 1 is 0.309 bits per heavy atom. The molecular weight excluding hydrogens is 1080 g/mol. The first-order chi connectivity index (χ1) is 38.6. The molecule has 0 spiro atoms. The second-order valence-electron chi connectivity index (χ2n) is 24.3. The monoisotopic (exact) mass is 1200 g/mol. The number of aliphatic hydroxyl groups is 1. The van der Waals surface area contributed by atoms with E-state index in [-0.39, 0.29) is 25.7 Å². The summed E-state index contributed by atoms with van der Waals surface area (Å²) in [7, 11) is -9.88. The Balaban J connectivity index is 5.24. The standard InChI is InChI=1S/C62H120O17P2/c1-52(2)38-30-22-14-11-9-10-12-16-28-36-44-61(66)78-57(48-72-59(64)42-34-26-20-18-24-32-40-54(5)6)50-76-80(68,69)74-46-56(63)47-75-81(70,71)77-51-58(49-73-60(65)43-35-27-21-19-25-33-41-55(7)8)79-62(67)45-37-29-17-13-15-23-31-39-53(3)4/h52-58,63H,9-51H2,1-8H3,(H,68,69)(H,70,71)/t56-,57+,58+/m0/s1. The van der Waals surface area contributed by atoms with Gasteiger partial charge in [-0.1, -0.05) is 242 Å². The molecule has 0 aliphatic carbocycles. The number of carbonyl (C=O) groups excluding carboxylic acids is 4. The molecule has 0 bridgehead atoms. The van der Waals surface area contributed by atoms with Crippen LogP contribution in [0.15, 0.2) is 0 Å². The minimum absolute atomic E-state index is 0.102. The van der Waals surface area contributed by atoms with Crippen molar-refractivity contribution >= 4 is 39.5 Å². The number of ether oxygens (including phenoxy) is 4. The maximum Gasteiger partial charge on any atom is 0.472 e. The van der Waals surface area contributed by atoms with E-state index in [9.17, 15) is 43.2 Å². The third-order valence-corrected chi connectivity index (χ3v) is 16.0. The molecule has 0 amide bonds. The molecule has 0 aromatic carbocycles. The number of hydrogen-bond acceptors (Lipinski definition) is 15. The SMILES string of the molecule is CC(C)CCCCCCCCCCCCC(=O)O[C@H](COC(=O)CCCCCCCCC(C)C)COP(=O)(O)OC[C@H](O)COP(=O)(O)OC[C@@H](COC(=O)CCCCCCCCC(C)C)OC(=O)CCCCCCCCCC(C)C. The van der Waals surface area contributed by atoms with Crippen LogP contribution in [0.25, 0.3) is 0 Å². The lowest BCUT2D eigenvalue weighted by molar-refractivity contribution is -0.161. The molecule has 0 aromatic rings. The molecule has 0 saturated heterocycles. The van der Waals surface area contributed by atoms with E-state index < -0.39 is 97.5 Å². The number of phosphoric acid groups is 2. The predicted octanol–water partition coefficient (Wildman–Crippen LogP) is 16.6. The Hall–Kier alpha value is -1.94. The van der Waals surface area contributed by atoms with Crippen LogP contribution in [-0.2, 0) is 65.4 Å². The van der Waals surface area contributed by atoms with Crippen LogP contribution in [-0.4, -0.2) is 96.7 Å². The summed E-state index contributed by atoms with van der Waals surface area (Å²) in [5, 5.41) is 10.5. The van der Waals surface area contributed by atoms with E-state index >= 15 is 0 Å². The minimum Gasteiger partial charge on any atom is -0.462 e. The van der Waals surface area contributed by atoms with Crippen LogP contribution in [0.5, 0.6) is 0 Å². The van der Waals surface area contributed by atoms with E-state index in [4.69, 9.17) is 37.0 Å². The van der Waals surface area contributed by atoms with Gasteiger partial charge in [-0.05, 0) is 49.4 Å². The Morgan fingerprint density at radius 3 is 0.765 bits per heavy atom. The molecule has 0 aliphatic heterocycles. The molecule has 0 saturated carbocycles. The molecule has 480 valence electrons. The number of esters is 4. The summed E-state index contributed by atoms with van der Waals surface area (Å²) in [6.07, 6.45) is 31.1. The highest BCUT2D eigenvalue weighted by Crippen LogP contribution is 2.45. The van der Waals surface area contributed by atoms with E-state index in [0.29, 0.717) is 43.4 Å². The maximum absolute atomic E-state index is 12.9. The lowest BCUT2D eigenvalue weighted by Gasteiger charge is -2.21. The van der Waals surface area contributed by atoms with Gasteiger partial charge in [0.2, 0.25) is 0 Å². The zero-order valence-corrected chi connectivity index (χ0v) is 54.2. The fraction of sp³-hybridized carbons (Fsp3) is 0.935. The summed E-state index contributed by atoms with van der Waals surface area (Å²) in [6, 6.07) is 0. The summed E-state index contributed by atoms with van der Waals surface area (Å²) in [4.78, 5) is 72.0. The van der Waals surface area contributed by atoms with Gasteiger partial charge >= 0.3 is 39.5 Å². The zero-order chi connectivity index (χ0) is 60.4. The van der Waals surface area contributed by atoms with Crippen LogP contribution in [0.2, 0.25) is 0 Å². The van der Waals surface area contributed by atoms with Crippen molar-refractivity contribution in [2.75, 3.05) is 39.6 Å². The van der Waals surface area contributed by atoms with Crippen molar-refractivity contribution in [3.8, 4) is 0 Å². The molecule has 3 N–H and O–H groups in total. The van der Waals surface area contributed by atoms with E-state index in [2.05, 4.69) is 55.4 Å². The van der Waals surface area contributed by atoms with Gasteiger partial charge in [-0.15, -0.1) is 0 Å². The van der Waals surface area contributed by atoms with Gasteiger partial charge in [0.05, 0.1) is 26.4 Å². The molecule has 5 atom stereocenters. The highest BCUT2D eigenvalue weighted by molar-refractivity contribution is 7.47. The summed E-state index contributed by atoms with van der Waals surface area (Å²) in [6.45, 7) is 13.8. The van der Waals surface area contributed by atoms with Crippen LogP contribution < -0.4 is 0 Å². The molecule has 17 nitrogen and oxygen atoms in total. The lowest BCUT2D eigenvalue weighted by atomic mass is 10.0. The van der Waals surface area contributed by atoms with Crippen LogP contribution in [0.3, 0.4) is 0 Å². The Bertz CT molecular complexity index is 1630. The first-order valence-corrected chi connectivity index (χ1v) is 35.2. The van der Waals surface area contributed by atoms with E-state index in [1.165, 1.54) is 83.5 Å². The fourth-order valence-electron chi connectivity index (χ4n) is 9.08. The minimum atomic E-state index is -4.94. The van der Waals surface area contributed by atoms with Crippen molar-refractivity contribution in [3.05, 3.63) is 0 Å². The van der Waals surface area contributed by atoms with Crippen LogP contribution in [0, 0.1) is 23.7 Å². The summed E-state index contributed by atoms with van der Waals surface area (Å²) < 4.78 is 67.8. The number of rotatable bonds is 59. The van der Waals surface area contributed by atoms with Crippen molar-refractivity contribution < 1.29 is 80.2 Å². The highest BCUT2D eigenvalue weighted by Gasteiger charge is 2.30. The molecule has 81 heavy (non-hydrogen) atoms. The highest BCUT2D eigenvalue weighted by atomic mass is 31.2. The summed E-state index contributed by atoms with van der Waals surface area (Å²) in [5.41, 5.74) is 0. The van der Waals surface area contributed by atoms with Crippen molar-refractivity contribution in [2.24, 2.45) is 23.7 Å². The first-order valence-electron chi connectivity index (χ1n) is 32.2. The molecule has 0 radical (unpaired) electrons. The Labute approximate surface area is 492 Å². The quantitative estimate of drug-likeness (QED) is 0.0222. The van der Waals surface area contributed by atoms with Crippen LogP contribution >= 0.6 is 15.6 Å². The number of hydrogen-bond donors (Lipinski definition) is 3. The molecule has 0 rings (SSSR count). The molecule has 19 heteroatoms. The number of unbranched alkanes of at least 4 members (excludes halogenated alkanes) is 25. The Morgan fingerprint density at radius 2 is 0.519 bits per heavy atom. The second kappa shape index (κ2) is 52.4. The van der Waals surface area contributed by atoms with Gasteiger partial charge in [-0.3, -0.25) is 37.3 Å². The Kier molecular flexibility index (Phi) is 51.1. The molecule has 2 unspecified atom stereocenters. The molecule has 0 aromatic heterocycles. The van der Waals surface area contributed by atoms with Crippen LogP contribution in [0.1, 0.15) is 293 Å². The van der Waals surface area contributed by atoms with Crippen molar-refractivity contribution in [2.45, 2.75) is 311 Å².